The average Bonchev–Trinajstić information content (AvgIpc) is 2.60. The molecule has 0 aliphatic rings. The van der Waals surface area contributed by atoms with E-state index in [1.807, 2.05) is 44.2 Å². The first-order chi connectivity index (χ1) is 11.9. The van der Waals surface area contributed by atoms with Gasteiger partial charge in [0.1, 0.15) is 11.5 Å². The lowest BCUT2D eigenvalue weighted by atomic mass is 9.98. The largest absolute Gasteiger partial charge is 0.508 e. The first-order valence-electron chi connectivity index (χ1n) is 8.08. The number of anilines is 1. The van der Waals surface area contributed by atoms with Crippen LogP contribution in [0.2, 0.25) is 0 Å². The molecule has 128 valence electrons. The van der Waals surface area contributed by atoms with Gasteiger partial charge in [0.05, 0.1) is 16.8 Å². The first kappa shape index (κ1) is 16.8. The van der Waals surface area contributed by atoms with Gasteiger partial charge in [-0.3, -0.25) is 9.78 Å². The van der Waals surface area contributed by atoms with Crippen molar-refractivity contribution in [3.05, 3.63) is 59.8 Å². The van der Waals surface area contributed by atoms with Gasteiger partial charge < -0.3 is 15.1 Å². The van der Waals surface area contributed by atoms with E-state index in [2.05, 4.69) is 4.98 Å². The van der Waals surface area contributed by atoms with Crippen LogP contribution in [-0.2, 0) is 0 Å². The number of aromatic hydroxyl groups is 2. The molecular formula is C20H20N2O3. The standard InChI is InChI=1S/C20H20N2O3/c1-12(2)14-10-15(18(24)11-17(14)23)20(25)22(3)16-8-4-6-13-7-5-9-21-19(13)16/h4-12,23-24H,1-3H3. The maximum absolute atomic E-state index is 13.0. The number of amides is 1. The zero-order valence-corrected chi connectivity index (χ0v) is 14.4. The number of para-hydroxylation sites is 1. The van der Waals surface area contributed by atoms with Crippen LogP contribution in [0, 0.1) is 0 Å². The number of phenolic OH excluding ortho intramolecular Hbond substituents is 2. The number of rotatable bonds is 3. The third-order valence-corrected chi connectivity index (χ3v) is 4.27. The molecule has 2 aromatic carbocycles. The van der Waals surface area contributed by atoms with Crippen LogP contribution in [0.5, 0.6) is 11.5 Å². The monoisotopic (exact) mass is 336 g/mol. The molecule has 1 aromatic heterocycles. The molecule has 3 aromatic rings. The summed E-state index contributed by atoms with van der Waals surface area (Å²) in [4.78, 5) is 18.8. The fraction of sp³-hybridized carbons (Fsp3) is 0.200. The Bertz CT molecular complexity index is 946. The molecule has 0 spiro atoms. The Kier molecular flexibility index (Phi) is 4.31. The molecule has 0 fully saturated rings. The van der Waals surface area contributed by atoms with Crippen molar-refractivity contribution in [2.45, 2.75) is 19.8 Å². The van der Waals surface area contributed by atoms with E-state index in [1.165, 1.54) is 11.0 Å². The van der Waals surface area contributed by atoms with Gasteiger partial charge in [-0.2, -0.15) is 0 Å². The minimum Gasteiger partial charge on any atom is -0.508 e. The van der Waals surface area contributed by atoms with Crippen molar-refractivity contribution < 1.29 is 15.0 Å². The highest BCUT2D eigenvalue weighted by molar-refractivity contribution is 6.11. The molecule has 3 rings (SSSR count). The van der Waals surface area contributed by atoms with E-state index in [0.717, 1.165) is 5.39 Å². The molecule has 0 unspecified atom stereocenters. The maximum atomic E-state index is 13.0. The smallest absolute Gasteiger partial charge is 0.261 e. The van der Waals surface area contributed by atoms with Gasteiger partial charge in [-0.25, -0.2) is 0 Å². The van der Waals surface area contributed by atoms with Crippen LogP contribution in [0.15, 0.2) is 48.7 Å². The molecule has 0 aliphatic carbocycles. The third kappa shape index (κ3) is 3.01. The van der Waals surface area contributed by atoms with Gasteiger partial charge >= 0.3 is 0 Å². The molecule has 1 heterocycles. The van der Waals surface area contributed by atoms with E-state index in [0.29, 0.717) is 16.8 Å². The summed E-state index contributed by atoms with van der Waals surface area (Å²) < 4.78 is 0. The molecular weight excluding hydrogens is 316 g/mol. The van der Waals surface area contributed by atoms with Gasteiger partial charge in [0.15, 0.2) is 0 Å². The second-order valence-electron chi connectivity index (χ2n) is 6.30. The molecule has 0 bridgehead atoms. The van der Waals surface area contributed by atoms with Crippen molar-refractivity contribution in [3.63, 3.8) is 0 Å². The molecule has 0 saturated carbocycles. The second kappa shape index (κ2) is 6.43. The molecule has 25 heavy (non-hydrogen) atoms. The Morgan fingerprint density at radius 1 is 1.08 bits per heavy atom. The van der Waals surface area contributed by atoms with Gasteiger partial charge in [-0.15, -0.1) is 0 Å². The first-order valence-corrected chi connectivity index (χ1v) is 8.08. The molecule has 0 aliphatic heterocycles. The molecule has 5 nitrogen and oxygen atoms in total. The lowest BCUT2D eigenvalue weighted by Gasteiger charge is -2.20. The van der Waals surface area contributed by atoms with Crippen molar-refractivity contribution in [2.75, 3.05) is 11.9 Å². The summed E-state index contributed by atoms with van der Waals surface area (Å²) in [7, 11) is 1.65. The third-order valence-electron chi connectivity index (χ3n) is 4.27. The molecule has 0 radical (unpaired) electrons. The lowest BCUT2D eigenvalue weighted by Crippen LogP contribution is -2.26. The molecule has 1 amide bonds. The minimum absolute atomic E-state index is 0.0152. The summed E-state index contributed by atoms with van der Waals surface area (Å²) in [6.45, 7) is 3.83. The quantitative estimate of drug-likeness (QED) is 0.757. The SMILES string of the molecule is CC(C)c1cc(C(=O)N(C)c2cccc3cccnc23)c(O)cc1O. The summed E-state index contributed by atoms with van der Waals surface area (Å²) in [5, 5.41) is 21.1. The predicted molar refractivity (Wildman–Crippen MR) is 98.3 cm³/mol. The Morgan fingerprint density at radius 2 is 1.80 bits per heavy atom. The number of aromatic nitrogens is 1. The molecule has 5 heteroatoms. The van der Waals surface area contributed by atoms with E-state index >= 15 is 0 Å². The fourth-order valence-electron chi connectivity index (χ4n) is 2.88. The average molecular weight is 336 g/mol. The number of carbonyl (C=O) groups excluding carboxylic acids is 1. The van der Waals surface area contributed by atoms with Gasteiger partial charge in [-0.05, 0) is 29.7 Å². The van der Waals surface area contributed by atoms with Crippen molar-refractivity contribution in [3.8, 4) is 11.5 Å². The van der Waals surface area contributed by atoms with Crippen LogP contribution < -0.4 is 4.90 Å². The van der Waals surface area contributed by atoms with Gasteiger partial charge in [-0.1, -0.05) is 32.0 Å². The van der Waals surface area contributed by atoms with Crippen LogP contribution in [-0.4, -0.2) is 28.2 Å². The molecule has 0 atom stereocenters. The van der Waals surface area contributed by atoms with Crippen molar-refractivity contribution >= 4 is 22.5 Å². The lowest BCUT2D eigenvalue weighted by molar-refractivity contribution is 0.0990. The van der Waals surface area contributed by atoms with Crippen LogP contribution in [0.25, 0.3) is 10.9 Å². The van der Waals surface area contributed by atoms with E-state index < -0.39 is 0 Å². The van der Waals surface area contributed by atoms with Crippen molar-refractivity contribution in [1.82, 2.24) is 4.98 Å². The Hall–Kier alpha value is -3.08. The Labute approximate surface area is 146 Å². The number of fused-ring (bicyclic) bond motifs is 1. The number of hydrogen-bond donors (Lipinski definition) is 2. The summed E-state index contributed by atoms with van der Waals surface area (Å²) in [5.74, 6) is -0.597. The number of pyridine rings is 1. The summed E-state index contributed by atoms with van der Waals surface area (Å²) >= 11 is 0. The highest BCUT2D eigenvalue weighted by Gasteiger charge is 2.22. The number of hydrogen-bond acceptors (Lipinski definition) is 4. The van der Waals surface area contributed by atoms with Gasteiger partial charge in [0.25, 0.3) is 5.91 Å². The van der Waals surface area contributed by atoms with Gasteiger partial charge in [0.2, 0.25) is 0 Å². The predicted octanol–water partition coefficient (Wildman–Crippen LogP) is 4.05. The van der Waals surface area contributed by atoms with E-state index in [-0.39, 0.29) is 28.9 Å². The highest BCUT2D eigenvalue weighted by Crippen LogP contribution is 2.34. The number of carbonyl (C=O) groups is 1. The van der Waals surface area contributed by atoms with Crippen molar-refractivity contribution in [2.24, 2.45) is 0 Å². The fourth-order valence-corrected chi connectivity index (χ4v) is 2.88. The summed E-state index contributed by atoms with van der Waals surface area (Å²) in [6.07, 6.45) is 1.68. The van der Waals surface area contributed by atoms with Crippen LogP contribution in [0.3, 0.4) is 0 Å². The highest BCUT2D eigenvalue weighted by atomic mass is 16.3. The topological polar surface area (TPSA) is 73.7 Å². The molecule has 0 saturated heterocycles. The van der Waals surface area contributed by atoms with E-state index in [1.54, 1.807) is 19.3 Å². The summed E-state index contributed by atoms with van der Waals surface area (Å²) in [5.41, 5.74) is 2.13. The van der Waals surface area contributed by atoms with E-state index in [4.69, 9.17) is 0 Å². The second-order valence-corrected chi connectivity index (χ2v) is 6.30. The number of phenols is 2. The maximum Gasteiger partial charge on any atom is 0.261 e. The number of nitrogens with zero attached hydrogens (tertiary/aromatic N) is 2. The Morgan fingerprint density at radius 3 is 2.52 bits per heavy atom. The van der Waals surface area contributed by atoms with Crippen LogP contribution in [0.1, 0.15) is 35.7 Å². The molecule has 2 N–H and O–H groups in total. The zero-order chi connectivity index (χ0) is 18.1. The zero-order valence-electron chi connectivity index (χ0n) is 14.4. The Balaban J connectivity index is 2.07. The van der Waals surface area contributed by atoms with Gasteiger partial charge in [0, 0.05) is 24.7 Å². The number of benzene rings is 2. The normalized spacial score (nSPS) is 11.0. The summed E-state index contributed by atoms with van der Waals surface area (Å²) in [6, 6.07) is 12.1. The minimum atomic E-state index is -0.363. The van der Waals surface area contributed by atoms with Crippen molar-refractivity contribution in [1.29, 1.82) is 0 Å². The van der Waals surface area contributed by atoms with Crippen LogP contribution >= 0.6 is 0 Å². The van der Waals surface area contributed by atoms with Crippen LogP contribution in [0.4, 0.5) is 5.69 Å². The van der Waals surface area contributed by atoms with E-state index in [9.17, 15) is 15.0 Å².